The highest BCUT2D eigenvalue weighted by Crippen LogP contribution is 2.21. The fraction of sp³-hybridized carbons (Fsp3) is 0.214. The minimum atomic E-state index is -1.66. The van der Waals surface area contributed by atoms with Crippen LogP contribution in [0, 0.1) is 30.5 Å². The lowest BCUT2D eigenvalue weighted by Crippen LogP contribution is -2.12. The van der Waals surface area contributed by atoms with Gasteiger partial charge in [0.2, 0.25) is 11.6 Å². The molecule has 0 bridgehead atoms. The number of anilines is 1. The number of aryl methyl sites for hydroxylation is 1. The van der Waals surface area contributed by atoms with Gasteiger partial charge in [-0.15, -0.1) is 0 Å². The summed E-state index contributed by atoms with van der Waals surface area (Å²) in [4.78, 5) is 2.49. The summed E-state index contributed by atoms with van der Waals surface area (Å²) >= 11 is 0. The molecule has 0 aliphatic rings. The number of pyridine rings is 1. The summed E-state index contributed by atoms with van der Waals surface area (Å²) in [7, 11) is 0. The fourth-order valence-corrected chi connectivity index (χ4v) is 1.84. The summed E-state index contributed by atoms with van der Waals surface area (Å²) in [6.07, 6.45) is 0.464. The molecule has 0 unspecified atom stereocenters. The van der Waals surface area contributed by atoms with Crippen LogP contribution < -0.4 is 5.32 Å². The van der Waals surface area contributed by atoms with Crippen LogP contribution in [0.1, 0.15) is 11.1 Å². The van der Waals surface area contributed by atoms with Crippen LogP contribution >= 0.6 is 0 Å². The lowest BCUT2D eigenvalue weighted by molar-refractivity contribution is 0.410. The molecular weight excluding hydrogens is 272 g/mol. The molecule has 0 aliphatic carbocycles. The van der Waals surface area contributed by atoms with Gasteiger partial charge in [-0.2, -0.15) is 22.5 Å². The topological polar surface area (TPSA) is 24.9 Å². The number of aromatic nitrogens is 1. The van der Waals surface area contributed by atoms with Crippen molar-refractivity contribution in [2.75, 3.05) is 11.9 Å². The minimum absolute atomic E-state index is 0.139. The molecule has 0 spiro atoms. The van der Waals surface area contributed by atoms with Crippen molar-refractivity contribution < 1.29 is 17.6 Å². The minimum Gasteiger partial charge on any atom is -0.380 e. The molecule has 0 amide bonds. The molecule has 1 aromatic heterocycles. The highest BCUT2D eigenvalue weighted by atomic mass is 19.2. The van der Waals surface area contributed by atoms with Crippen molar-refractivity contribution in [2.45, 2.75) is 13.3 Å². The summed E-state index contributed by atoms with van der Waals surface area (Å²) in [6.45, 7) is 2.06. The number of hydrogen-bond donors (Lipinski definition) is 1. The molecule has 0 saturated carbocycles. The summed E-state index contributed by atoms with van der Waals surface area (Å²) in [5.41, 5.74) is 1.18. The third-order valence-corrected chi connectivity index (χ3v) is 2.80. The lowest BCUT2D eigenvalue weighted by Gasteiger charge is -2.09. The second-order valence-electron chi connectivity index (χ2n) is 4.36. The van der Waals surface area contributed by atoms with E-state index < -0.39 is 29.2 Å². The zero-order valence-electron chi connectivity index (χ0n) is 10.7. The van der Waals surface area contributed by atoms with Crippen LogP contribution in [-0.2, 0) is 6.42 Å². The molecule has 106 valence electrons. The average molecular weight is 284 g/mol. The maximum absolute atomic E-state index is 13.3. The molecule has 0 fully saturated rings. The SMILES string of the molecule is Cc1cccc(CCNc2c(F)c(F)nc(F)c2F)c1. The summed E-state index contributed by atoms with van der Waals surface area (Å²) in [5.74, 6) is -6.37. The molecule has 1 aromatic carbocycles. The van der Waals surface area contributed by atoms with Crippen LogP contribution in [-0.4, -0.2) is 11.5 Å². The van der Waals surface area contributed by atoms with E-state index >= 15 is 0 Å². The predicted molar refractivity (Wildman–Crippen MR) is 67.4 cm³/mol. The normalized spacial score (nSPS) is 10.7. The molecule has 0 aliphatic heterocycles. The third-order valence-electron chi connectivity index (χ3n) is 2.80. The van der Waals surface area contributed by atoms with Crippen molar-refractivity contribution in [3.8, 4) is 0 Å². The Kier molecular flexibility index (Phi) is 4.22. The molecule has 2 rings (SSSR count). The quantitative estimate of drug-likeness (QED) is 0.685. The van der Waals surface area contributed by atoms with Crippen molar-refractivity contribution in [3.05, 3.63) is 58.9 Å². The van der Waals surface area contributed by atoms with Crippen LogP contribution in [0.3, 0.4) is 0 Å². The second-order valence-corrected chi connectivity index (χ2v) is 4.36. The van der Waals surface area contributed by atoms with E-state index in [1.165, 1.54) is 0 Å². The second kappa shape index (κ2) is 5.90. The van der Waals surface area contributed by atoms with E-state index in [0.29, 0.717) is 6.42 Å². The maximum atomic E-state index is 13.3. The lowest BCUT2D eigenvalue weighted by atomic mass is 10.1. The van der Waals surface area contributed by atoms with Crippen molar-refractivity contribution in [2.24, 2.45) is 0 Å². The number of hydrogen-bond acceptors (Lipinski definition) is 2. The predicted octanol–water partition coefficient (Wildman–Crippen LogP) is 3.60. The first-order valence-electron chi connectivity index (χ1n) is 5.98. The number of rotatable bonds is 4. The first-order valence-corrected chi connectivity index (χ1v) is 5.98. The van der Waals surface area contributed by atoms with Gasteiger partial charge < -0.3 is 5.32 Å². The zero-order valence-corrected chi connectivity index (χ0v) is 10.7. The van der Waals surface area contributed by atoms with Gasteiger partial charge in [0.05, 0.1) is 0 Å². The van der Waals surface area contributed by atoms with Gasteiger partial charge in [-0.05, 0) is 18.9 Å². The first-order chi connectivity index (χ1) is 9.49. The number of benzene rings is 1. The van der Waals surface area contributed by atoms with Crippen LogP contribution in [0.15, 0.2) is 24.3 Å². The summed E-state index contributed by atoms with van der Waals surface area (Å²) in [5, 5.41) is 2.36. The number of nitrogens with one attached hydrogen (secondary N) is 1. The Labute approximate surface area is 113 Å². The van der Waals surface area contributed by atoms with Crippen molar-refractivity contribution in [3.63, 3.8) is 0 Å². The van der Waals surface area contributed by atoms with E-state index in [1.54, 1.807) is 0 Å². The monoisotopic (exact) mass is 284 g/mol. The molecular formula is C14H12F4N2. The number of halogens is 4. The fourth-order valence-electron chi connectivity index (χ4n) is 1.84. The van der Waals surface area contributed by atoms with Gasteiger partial charge in [0, 0.05) is 6.54 Å². The van der Waals surface area contributed by atoms with Gasteiger partial charge in [0.1, 0.15) is 5.69 Å². The molecule has 0 radical (unpaired) electrons. The van der Waals surface area contributed by atoms with Crippen LogP contribution in [0.4, 0.5) is 23.2 Å². The Morgan fingerprint density at radius 3 is 2.30 bits per heavy atom. The highest BCUT2D eigenvalue weighted by Gasteiger charge is 2.20. The number of nitrogens with zero attached hydrogens (tertiary/aromatic N) is 1. The van der Waals surface area contributed by atoms with Crippen LogP contribution in [0.2, 0.25) is 0 Å². The maximum Gasteiger partial charge on any atom is 0.253 e. The van der Waals surface area contributed by atoms with Gasteiger partial charge in [0.25, 0.3) is 11.9 Å². The van der Waals surface area contributed by atoms with E-state index in [-0.39, 0.29) is 6.54 Å². The summed E-state index contributed by atoms with van der Waals surface area (Å²) < 4.78 is 52.4. The molecule has 6 heteroatoms. The van der Waals surface area contributed by atoms with E-state index in [9.17, 15) is 17.6 Å². The van der Waals surface area contributed by atoms with Gasteiger partial charge in [0.15, 0.2) is 0 Å². The van der Waals surface area contributed by atoms with Gasteiger partial charge in [-0.1, -0.05) is 29.8 Å². The smallest absolute Gasteiger partial charge is 0.253 e. The molecule has 2 nitrogen and oxygen atoms in total. The molecule has 2 aromatic rings. The molecule has 1 heterocycles. The Morgan fingerprint density at radius 2 is 1.70 bits per heavy atom. The van der Waals surface area contributed by atoms with Crippen molar-refractivity contribution in [1.82, 2.24) is 4.98 Å². The Hall–Kier alpha value is -2.11. The molecule has 0 saturated heterocycles. The Bertz CT molecular complexity index is 603. The molecule has 1 N–H and O–H groups in total. The van der Waals surface area contributed by atoms with Crippen molar-refractivity contribution in [1.29, 1.82) is 0 Å². The first kappa shape index (κ1) is 14.3. The van der Waals surface area contributed by atoms with Crippen molar-refractivity contribution >= 4 is 5.69 Å². The van der Waals surface area contributed by atoms with Crippen LogP contribution in [0.25, 0.3) is 0 Å². The van der Waals surface area contributed by atoms with Gasteiger partial charge >= 0.3 is 0 Å². The molecule has 0 atom stereocenters. The Morgan fingerprint density at radius 1 is 1.05 bits per heavy atom. The van der Waals surface area contributed by atoms with E-state index in [1.807, 2.05) is 31.2 Å². The standard InChI is InChI=1S/C14H12F4N2/c1-8-3-2-4-9(7-8)5-6-19-12-10(15)13(17)20-14(18)11(12)16/h2-4,7H,5-6H2,1H3,(H,19,20). The van der Waals surface area contributed by atoms with Gasteiger partial charge in [-0.3, -0.25) is 0 Å². The van der Waals surface area contributed by atoms with Crippen LogP contribution in [0.5, 0.6) is 0 Å². The average Bonchev–Trinajstić information content (AvgIpc) is 2.40. The molecule has 20 heavy (non-hydrogen) atoms. The third kappa shape index (κ3) is 3.07. The van der Waals surface area contributed by atoms with E-state index in [4.69, 9.17) is 0 Å². The highest BCUT2D eigenvalue weighted by molar-refractivity contribution is 5.45. The van der Waals surface area contributed by atoms with E-state index in [0.717, 1.165) is 11.1 Å². The van der Waals surface area contributed by atoms with E-state index in [2.05, 4.69) is 10.3 Å². The van der Waals surface area contributed by atoms with Gasteiger partial charge in [-0.25, -0.2) is 0 Å². The largest absolute Gasteiger partial charge is 0.380 e. The summed E-state index contributed by atoms with van der Waals surface area (Å²) in [6, 6.07) is 7.55. The zero-order chi connectivity index (χ0) is 14.7. The Balaban J connectivity index is 2.08.